The SMILES string of the molecule is Fc1ccc(O[C@H]2c3ccccc3C[C@@H]2N2CCCC2)c(-c2ccn[nH]2)c1. The van der Waals surface area contributed by atoms with E-state index >= 15 is 0 Å². The fourth-order valence-electron chi connectivity index (χ4n) is 4.43. The molecule has 2 heterocycles. The number of fused-ring (bicyclic) bond motifs is 1. The summed E-state index contributed by atoms with van der Waals surface area (Å²) in [7, 11) is 0. The van der Waals surface area contributed by atoms with Crippen LogP contribution in [0, 0.1) is 5.82 Å². The molecule has 0 amide bonds. The molecule has 2 aromatic carbocycles. The number of halogens is 1. The third-order valence-electron chi connectivity index (χ3n) is 5.74. The van der Waals surface area contributed by atoms with E-state index in [0.717, 1.165) is 25.2 Å². The van der Waals surface area contributed by atoms with Gasteiger partial charge in [0.15, 0.2) is 0 Å². The summed E-state index contributed by atoms with van der Waals surface area (Å²) in [5.41, 5.74) is 4.06. The smallest absolute Gasteiger partial charge is 0.140 e. The summed E-state index contributed by atoms with van der Waals surface area (Å²) >= 11 is 0. The summed E-state index contributed by atoms with van der Waals surface area (Å²) in [6, 6.07) is 15.4. The molecule has 27 heavy (non-hydrogen) atoms. The molecule has 0 spiro atoms. The highest BCUT2D eigenvalue weighted by Crippen LogP contribution is 2.41. The number of aromatic nitrogens is 2. The van der Waals surface area contributed by atoms with E-state index in [0.29, 0.717) is 17.4 Å². The maximum Gasteiger partial charge on any atom is 0.140 e. The van der Waals surface area contributed by atoms with Gasteiger partial charge in [-0.25, -0.2) is 4.39 Å². The Hall–Kier alpha value is -2.66. The first kappa shape index (κ1) is 16.5. The number of benzene rings is 2. The van der Waals surface area contributed by atoms with Crippen molar-refractivity contribution in [3.63, 3.8) is 0 Å². The monoisotopic (exact) mass is 363 g/mol. The van der Waals surface area contributed by atoms with Crippen molar-refractivity contribution in [1.82, 2.24) is 15.1 Å². The van der Waals surface area contributed by atoms with Gasteiger partial charge in [-0.1, -0.05) is 24.3 Å². The Bertz CT molecular complexity index is 934. The summed E-state index contributed by atoms with van der Waals surface area (Å²) in [5, 5.41) is 6.93. The molecular weight excluding hydrogens is 341 g/mol. The predicted octanol–water partition coefficient (Wildman–Crippen LogP) is 4.36. The third kappa shape index (κ3) is 3.02. The Balaban J connectivity index is 1.53. The van der Waals surface area contributed by atoms with Gasteiger partial charge in [0.2, 0.25) is 0 Å². The zero-order valence-electron chi connectivity index (χ0n) is 15.1. The molecule has 0 radical (unpaired) electrons. The Morgan fingerprint density at radius 2 is 1.93 bits per heavy atom. The van der Waals surface area contributed by atoms with Crippen LogP contribution in [-0.2, 0) is 6.42 Å². The lowest BCUT2D eigenvalue weighted by molar-refractivity contribution is 0.0945. The molecule has 0 bridgehead atoms. The molecule has 0 saturated carbocycles. The zero-order chi connectivity index (χ0) is 18.2. The second-order valence-corrected chi connectivity index (χ2v) is 7.36. The predicted molar refractivity (Wildman–Crippen MR) is 102 cm³/mol. The molecule has 4 nitrogen and oxygen atoms in total. The van der Waals surface area contributed by atoms with Crippen LogP contribution in [0.5, 0.6) is 5.75 Å². The fraction of sp³-hybridized carbons (Fsp3) is 0.318. The number of hydrogen-bond donors (Lipinski definition) is 1. The lowest BCUT2D eigenvalue weighted by Gasteiger charge is -2.30. The molecule has 1 aliphatic heterocycles. The number of nitrogens with one attached hydrogen (secondary N) is 1. The number of nitrogens with zero attached hydrogens (tertiary/aromatic N) is 2. The van der Waals surface area contributed by atoms with Crippen molar-refractivity contribution >= 4 is 0 Å². The van der Waals surface area contributed by atoms with E-state index in [1.165, 1.54) is 36.1 Å². The molecule has 0 unspecified atom stereocenters. The average Bonchev–Trinajstić information content (AvgIpc) is 3.44. The summed E-state index contributed by atoms with van der Waals surface area (Å²) in [6.07, 6.45) is 5.11. The van der Waals surface area contributed by atoms with Crippen LogP contribution in [0.15, 0.2) is 54.7 Å². The van der Waals surface area contributed by atoms with Crippen molar-refractivity contribution in [3.8, 4) is 17.0 Å². The van der Waals surface area contributed by atoms with E-state index in [1.807, 2.05) is 6.07 Å². The van der Waals surface area contributed by atoms with Crippen LogP contribution >= 0.6 is 0 Å². The van der Waals surface area contributed by atoms with Gasteiger partial charge in [-0.2, -0.15) is 5.10 Å². The standard InChI is InChI=1S/C22H22FN3O/c23-16-7-8-21(18(14-16)19-9-10-24-25-19)27-22-17-6-2-1-5-15(17)13-20(22)26-11-3-4-12-26/h1-2,5-10,14,20,22H,3-4,11-13H2,(H,24,25)/t20-,22-/m0/s1. The molecule has 1 N–H and O–H groups in total. The minimum Gasteiger partial charge on any atom is -0.483 e. The topological polar surface area (TPSA) is 41.1 Å². The molecule has 5 heteroatoms. The Morgan fingerprint density at radius 1 is 1.07 bits per heavy atom. The summed E-state index contributed by atoms with van der Waals surface area (Å²) < 4.78 is 20.5. The van der Waals surface area contributed by atoms with Crippen molar-refractivity contribution in [2.75, 3.05) is 13.1 Å². The number of likely N-dealkylation sites (tertiary alicyclic amines) is 1. The van der Waals surface area contributed by atoms with Gasteiger partial charge < -0.3 is 4.74 Å². The lowest BCUT2D eigenvalue weighted by Crippen LogP contribution is -2.38. The minimum absolute atomic E-state index is 0.0496. The fourth-order valence-corrected chi connectivity index (χ4v) is 4.43. The molecule has 1 fully saturated rings. The molecule has 138 valence electrons. The van der Waals surface area contributed by atoms with Crippen molar-refractivity contribution in [2.24, 2.45) is 0 Å². The van der Waals surface area contributed by atoms with Crippen LogP contribution < -0.4 is 4.74 Å². The van der Waals surface area contributed by atoms with Crippen LogP contribution in [0.4, 0.5) is 4.39 Å². The highest BCUT2D eigenvalue weighted by Gasteiger charge is 2.39. The normalized spacial score (nSPS) is 22.1. The second-order valence-electron chi connectivity index (χ2n) is 7.36. The van der Waals surface area contributed by atoms with Gasteiger partial charge in [-0.15, -0.1) is 0 Å². The molecule has 2 atom stereocenters. The first-order valence-corrected chi connectivity index (χ1v) is 9.57. The zero-order valence-corrected chi connectivity index (χ0v) is 15.1. The summed E-state index contributed by atoms with van der Waals surface area (Å²) in [6.45, 7) is 2.24. The van der Waals surface area contributed by atoms with Crippen LogP contribution in [0.1, 0.15) is 30.1 Å². The van der Waals surface area contributed by atoms with Crippen LogP contribution in [0.2, 0.25) is 0 Å². The van der Waals surface area contributed by atoms with Crippen molar-refractivity contribution < 1.29 is 9.13 Å². The minimum atomic E-state index is -0.283. The number of aromatic amines is 1. The summed E-state index contributed by atoms with van der Waals surface area (Å²) in [4.78, 5) is 2.55. The van der Waals surface area contributed by atoms with Crippen LogP contribution in [-0.4, -0.2) is 34.2 Å². The molecule has 3 aromatic rings. The van der Waals surface area contributed by atoms with Gasteiger partial charge in [-0.3, -0.25) is 10.00 Å². The summed E-state index contributed by atoms with van der Waals surface area (Å²) in [5.74, 6) is 0.404. The Morgan fingerprint density at radius 3 is 2.74 bits per heavy atom. The first-order valence-electron chi connectivity index (χ1n) is 9.57. The highest BCUT2D eigenvalue weighted by atomic mass is 19.1. The molecular formula is C22H22FN3O. The van der Waals surface area contributed by atoms with Gasteiger partial charge in [-0.05, 0) is 67.7 Å². The van der Waals surface area contributed by atoms with E-state index in [1.54, 1.807) is 12.3 Å². The third-order valence-corrected chi connectivity index (χ3v) is 5.74. The largest absolute Gasteiger partial charge is 0.483 e. The average molecular weight is 363 g/mol. The van der Waals surface area contributed by atoms with Crippen molar-refractivity contribution in [1.29, 1.82) is 0 Å². The lowest BCUT2D eigenvalue weighted by atomic mass is 10.1. The van der Waals surface area contributed by atoms with Gasteiger partial charge in [0.25, 0.3) is 0 Å². The Kier molecular flexibility index (Phi) is 4.17. The molecule has 5 rings (SSSR count). The van der Waals surface area contributed by atoms with E-state index in [-0.39, 0.29) is 11.9 Å². The van der Waals surface area contributed by atoms with Crippen LogP contribution in [0.3, 0.4) is 0 Å². The molecule has 1 saturated heterocycles. The van der Waals surface area contributed by atoms with Crippen LogP contribution in [0.25, 0.3) is 11.3 Å². The van der Waals surface area contributed by atoms with Gasteiger partial charge in [0.05, 0.1) is 11.7 Å². The Labute approximate surface area is 158 Å². The maximum atomic E-state index is 13.9. The number of hydrogen-bond acceptors (Lipinski definition) is 3. The molecule has 1 aromatic heterocycles. The molecule has 1 aliphatic carbocycles. The second kappa shape index (κ2) is 6.82. The number of rotatable bonds is 4. The van der Waals surface area contributed by atoms with Gasteiger partial charge in [0, 0.05) is 11.8 Å². The van der Waals surface area contributed by atoms with Crippen molar-refractivity contribution in [2.45, 2.75) is 31.4 Å². The first-order chi connectivity index (χ1) is 13.3. The number of H-pyrrole nitrogens is 1. The van der Waals surface area contributed by atoms with Gasteiger partial charge in [0.1, 0.15) is 17.7 Å². The highest BCUT2D eigenvalue weighted by molar-refractivity contribution is 5.67. The van der Waals surface area contributed by atoms with Gasteiger partial charge >= 0.3 is 0 Å². The van der Waals surface area contributed by atoms with E-state index in [9.17, 15) is 4.39 Å². The maximum absolute atomic E-state index is 13.9. The number of ether oxygens (including phenoxy) is 1. The van der Waals surface area contributed by atoms with E-state index in [2.05, 4.69) is 39.4 Å². The quantitative estimate of drug-likeness (QED) is 0.749. The molecule has 2 aliphatic rings. The van der Waals surface area contributed by atoms with E-state index in [4.69, 9.17) is 4.74 Å². The van der Waals surface area contributed by atoms with Crippen molar-refractivity contribution in [3.05, 3.63) is 71.7 Å². The van der Waals surface area contributed by atoms with E-state index < -0.39 is 0 Å².